The van der Waals surface area contributed by atoms with Gasteiger partial charge in [0.25, 0.3) is 0 Å². The summed E-state index contributed by atoms with van der Waals surface area (Å²) in [6.45, 7) is 41.9. The first-order valence-corrected chi connectivity index (χ1v) is 30.4. The van der Waals surface area contributed by atoms with Crippen molar-refractivity contribution in [3.63, 3.8) is 0 Å². The minimum absolute atomic E-state index is 0.0168. The van der Waals surface area contributed by atoms with Gasteiger partial charge in [-0.3, -0.25) is 0 Å². The summed E-state index contributed by atoms with van der Waals surface area (Å²) >= 11 is 0. The van der Waals surface area contributed by atoms with Gasteiger partial charge in [0, 0.05) is 44.3 Å². The van der Waals surface area contributed by atoms with Gasteiger partial charge in [-0.2, -0.15) is 0 Å². The topological polar surface area (TPSA) is 55.7 Å². The Kier molecular flexibility index (Phi) is 15.3. The molecule has 0 spiro atoms. The highest BCUT2D eigenvalue weighted by Crippen LogP contribution is 2.51. The average Bonchev–Trinajstić information content (AvgIpc) is 1.55. The molecule has 0 bridgehead atoms. The molecule has 10 rings (SSSR count). The van der Waals surface area contributed by atoms with E-state index in [2.05, 4.69) is 242 Å². The van der Waals surface area contributed by atoms with E-state index in [4.69, 9.17) is 0 Å². The molecule has 0 saturated carbocycles. The lowest BCUT2D eigenvalue weighted by Gasteiger charge is -2.34. The molecule has 0 aliphatic rings. The fourth-order valence-electron chi connectivity index (χ4n) is 12.2. The van der Waals surface area contributed by atoms with Gasteiger partial charge in [0.15, 0.2) is 13.2 Å². The van der Waals surface area contributed by atoms with Gasteiger partial charge >= 0.3 is 0 Å². The molecular formula is C78H90F2N2O4. The number of nitrogens with zero attached hydrogens (tertiary/aromatic N) is 2. The number of aryl methyl sites for hydroxylation is 1. The van der Waals surface area contributed by atoms with Gasteiger partial charge in [-0.15, -0.1) is 0 Å². The van der Waals surface area contributed by atoms with Gasteiger partial charge in [-0.05, 0) is 160 Å². The molecule has 86 heavy (non-hydrogen) atoms. The summed E-state index contributed by atoms with van der Waals surface area (Å²) in [5.41, 5.74) is 12.9. The number of fused-ring (bicyclic) bond motifs is 6. The molecule has 8 heteroatoms. The third-order valence-electron chi connectivity index (χ3n) is 17.5. The van der Waals surface area contributed by atoms with Crippen molar-refractivity contribution in [2.75, 3.05) is 13.2 Å². The molecule has 2 heterocycles. The maximum Gasteiger partial charge on any atom is 0.237 e. The van der Waals surface area contributed by atoms with E-state index in [0.717, 1.165) is 54.7 Å². The van der Waals surface area contributed by atoms with Gasteiger partial charge in [0.05, 0.1) is 44.6 Å². The van der Waals surface area contributed by atoms with Crippen molar-refractivity contribution in [1.29, 1.82) is 0 Å². The lowest BCUT2D eigenvalue weighted by Crippen LogP contribution is -2.14. The standard InChI is InChI=1S/C78H90F2N2O4/c1-46-35-54(80)45-62(61-37-52(78(17,18)19)43-68(71(61)84)82-65-40-49(75(8,9)10)25-30-57(65)58-31-26-50(41-66(58)82)76(11,12)13)72(46)86(21)34-22-33-85(20)69-32-27-53(79)44-59(69)60-36-51(77(14,15)16)42-67(70(60)83)81-63-38-47(73(2,3)4)23-28-55(63)56-29-24-48(39-64(56)81)74(5,6)7/h23-32,35-45,83-84H,20-22,33-34H2,1-19H3. The monoisotopic (exact) mass is 1160 g/mol. The van der Waals surface area contributed by atoms with E-state index in [1.54, 1.807) is 6.07 Å². The van der Waals surface area contributed by atoms with Crippen LogP contribution >= 0.6 is 0 Å². The molecule has 450 valence electrons. The molecule has 0 aliphatic carbocycles. The van der Waals surface area contributed by atoms with E-state index in [0.29, 0.717) is 70.3 Å². The predicted molar refractivity (Wildman–Crippen MR) is 359 cm³/mol. The van der Waals surface area contributed by atoms with Crippen molar-refractivity contribution < 1.29 is 27.7 Å². The molecule has 0 radical (unpaired) electrons. The number of aromatic nitrogens is 2. The highest BCUT2D eigenvalue weighted by atomic mass is 19.1. The molecule has 10 aromatic rings. The Morgan fingerprint density at radius 1 is 0.372 bits per heavy atom. The second-order valence-corrected chi connectivity index (χ2v) is 30.4. The normalized spacial score (nSPS) is 13.1. The maximum atomic E-state index is 16.2. The second kappa shape index (κ2) is 21.4. The zero-order valence-electron chi connectivity index (χ0n) is 54.5. The lowest BCUT2D eigenvalue weighted by atomic mass is 9.84. The van der Waals surface area contributed by atoms with E-state index >= 15 is 8.78 Å². The summed E-state index contributed by atoms with van der Waals surface area (Å²) < 4.78 is 42.4. The van der Waals surface area contributed by atoms with Crippen molar-refractivity contribution in [3.05, 3.63) is 192 Å². The molecule has 0 atom stereocenters. The number of benzene rings is 8. The van der Waals surface area contributed by atoms with Crippen molar-refractivity contribution in [3.8, 4) is 56.6 Å². The minimum Gasteiger partial charge on any atom is -0.711 e. The van der Waals surface area contributed by atoms with E-state index in [1.165, 1.54) is 46.5 Å². The first-order chi connectivity index (χ1) is 39.8. The Labute approximate surface area is 510 Å². The van der Waals surface area contributed by atoms with Crippen LogP contribution < -0.4 is 0 Å². The Bertz CT molecular complexity index is 4160. The molecular weight excluding hydrogens is 1070 g/mol. The summed E-state index contributed by atoms with van der Waals surface area (Å²) in [6.07, 6.45) is 0.467. The van der Waals surface area contributed by atoms with Gasteiger partial charge in [-0.25, -0.2) is 8.78 Å². The van der Waals surface area contributed by atoms with Crippen LogP contribution in [-0.4, -0.2) is 32.6 Å². The number of phenols is 2. The first-order valence-electron chi connectivity index (χ1n) is 30.4. The van der Waals surface area contributed by atoms with Crippen LogP contribution in [0.4, 0.5) is 8.78 Å². The largest absolute Gasteiger partial charge is 0.711 e. The third kappa shape index (κ3) is 11.4. The summed E-state index contributed by atoms with van der Waals surface area (Å²) in [7, 11) is 8.99. The third-order valence-corrected chi connectivity index (χ3v) is 17.5. The number of hydrogen-bond donors (Lipinski definition) is 2. The predicted octanol–water partition coefficient (Wildman–Crippen LogP) is 22.2. The van der Waals surface area contributed by atoms with E-state index in [9.17, 15) is 10.2 Å². The second-order valence-electron chi connectivity index (χ2n) is 30.4. The Morgan fingerprint density at radius 2 is 0.709 bits per heavy atom. The number of aromatic hydroxyl groups is 2. The van der Waals surface area contributed by atoms with Gasteiger partial charge in [0.2, 0.25) is 11.5 Å². The van der Waals surface area contributed by atoms with E-state index in [-0.39, 0.29) is 44.0 Å². The van der Waals surface area contributed by atoms with Crippen LogP contribution in [0.15, 0.2) is 127 Å². The number of hydrogen-bond acceptors (Lipinski definition) is 2. The van der Waals surface area contributed by atoms with Crippen molar-refractivity contribution in [1.82, 2.24) is 9.13 Å². The Morgan fingerprint density at radius 3 is 1.07 bits per heavy atom. The summed E-state index contributed by atoms with van der Waals surface area (Å²) in [5, 5.41) is 30.3. The van der Waals surface area contributed by atoms with Crippen LogP contribution in [0.25, 0.3) is 77.2 Å². The first kappa shape index (κ1) is 61.5. The maximum absolute atomic E-state index is 16.2. The molecule has 0 unspecified atom stereocenters. The van der Waals surface area contributed by atoms with Gasteiger partial charge in [0.1, 0.15) is 29.6 Å². The SMILES string of the molecule is [CH2-][O+](CCC[O+]([CH2-])c1c(C)cc(F)cc1-c1cc(C(C)(C)C)cc(-n2c3cc(C(C)(C)C)ccc3c3ccc(C(C)(C)C)cc32)c1O)c1ccc(F)cc1-c1cc(C(C)(C)C)cc(-n2c3cc(C(C)(C)C)ccc3c3ccc(C(C)(C)C)cc32)c1O. The minimum atomic E-state index is -0.454. The fourth-order valence-corrected chi connectivity index (χ4v) is 12.2. The smallest absolute Gasteiger partial charge is 0.237 e. The quantitative estimate of drug-likeness (QED) is 0.106. The Balaban J connectivity index is 1.05. The number of rotatable bonds is 10. The van der Waals surface area contributed by atoms with Crippen LogP contribution in [0.5, 0.6) is 23.0 Å². The van der Waals surface area contributed by atoms with Gasteiger partial charge in [-0.1, -0.05) is 173 Å². The van der Waals surface area contributed by atoms with Crippen molar-refractivity contribution in [2.45, 2.75) is 170 Å². The summed E-state index contributed by atoms with van der Waals surface area (Å²) in [5.74, 6) is 0.294. The number of halogens is 2. The number of phenolic OH excluding ortho intramolecular Hbond substituents is 2. The van der Waals surface area contributed by atoms with Gasteiger partial charge < -0.3 is 28.1 Å². The van der Waals surface area contributed by atoms with E-state index in [1.807, 2.05) is 19.1 Å². The fraction of sp³-hybridized carbons (Fsp3) is 0.359. The lowest BCUT2D eigenvalue weighted by molar-refractivity contribution is -0.0165. The molecule has 0 saturated heterocycles. The zero-order valence-corrected chi connectivity index (χ0v) is 54.5. The molecule has 0 aliphatic heterocycles. The Hall–Kier alpha value is -7.58. The van der Waals surface area contributed by atoms with Crippen molar-refractivity contribution >= 4 is 43.6 Å². The van der Waals surface area contributed by atoms with E-state index < -0.39 is 11.6 Å². The highest BCUT2D eigenvalue weighted by Gasteiger charge is 2.31. The highest BCUT2D eigenvalue weighted by molar-refractivity contribution is 6.11. The van der Waals surface area contributed by atoms with Crippen LogP contribution in [0.1, 0.15) is 170 Å². The van der Waals surface area contributed by atoms with Crippen LogP contribution in [0.3, 0.4) is 0 Å². The molecule has 2 N–H and O–H groups in total. The summed E-state index contributed by atoms with van der Waals surface area (Å²) in [6, 6.07) is 42.3. The molecule has 8 aromatic carbocycles. The van der Waals surface area contributed by atoms with Crippen LogP contribution in [0, 0.1) is 32.8 Å². The van der Waals surface area contributed by atoms with Crippen molar-refractivity contribution in [2.24, 2.45) is 0 Å². The molecule has 0 fully saturated rings. The summed E-state index contributed by atoms with van der Waals surface area (Å²) in [4.78, 5) is 0. The molecule has 0 amide bonds. The molecule has 2 aromatic heterocycles. The van der Waals surface area contributed by atoms with Crippen LogP contribution in [-0.2, 0) is 41.2 Å². The molecule has 6 nitrogen and oxygen atoms in total. The average molecular weight is 1160 g/mol. The van der Waals surface area contributed by atoms with Crippen LogP contribution in [0.2, 0.25) is 0 Å². The zero-order chi connectivity index (χ0) is 62.9.